The van der Waals surface area contributed by atoms with Gasteiger partial charge in [0.25, 0.3) is 5.91 Å². The van der Waals surface area contributed by atoms with Crippen molar-refractivity contribution in [1.29, 1.82) is 0 Å². The van der Waals surface area contributed by atoms with E-state index in [4.69, 9.17) is 5.14 Å². The predicted octanol–water partition coefficient (Wildman–Crippen LogP) is 1.57. The lowest BCUT2D eigenvalue weighted by molar-refractivity contribution is 0.102. The van der Waals surface area contributed by atoms with E-state index < -0.39 is 27.2 Å². The number of hydrogen-bond donors (Lipinski definition) is 3. The number of halogens is 1. The summed E-state index contributed by atoms with van der Waals surface area (Å²) in [6.07, 6.45) is 1.23. The van der Waals surface area contributed by atoms with Gasteiger partial charge in [-0.25, -0.2) is 17.9 Å². The molecule has 0 saturated carbocycles. The molecule has 0 saturated heterocycles. The highest BCUT2D eigenvalue weighted by molar-refractivity contribution is 7.89. The SMILES string of the molecule is NS(=O)(=O)c1ccc(NC(=O)c2c[nH]c3ccc(F)cc3c2=O)cc1. The van der Waals surface area contributed by atoms with Crippen LogP contribution in [0, 0.1) is 5.82 Å². The Morgan fingerprint density at radius 2 is 1.80 bits per heavy atom. The highest BCUT2D eigenvalue weighted by Crippen LogP contribution is 2.14. The summed E-state index contributed by atoms with van der Waals surface area (Å²) in [5, 5.41) is 7.51. The van der Waals surface area contributed by atoms with Crippen LogP contribution in [-0.4, -0.2) is 19.3 Å². The zero-order valence-corrected chi connectivity index (χ0v) is 13.4. The summed E-state index contributed by atoms with van der Waals surface area (Å²) in [4.78, 5) is 27.3. The number of aromatic nitrogens is 1. The molecule has 1 heterocycles. The number of anilines is 1. The number of sulfonamides is 1. The number of pyridine rings is 1. The quantitative estimate of drug-likeness (QED) is 0.655. The van der Waals surface area contributed by atoms with Gasteiger partial charge in [0, 0.05) is 22.8 Å². The molecular formula is C16H12FN3O4S. The summed E-state index contributed by atoms with van der Waals surface area (Å²) in [6.45, 7) is 0. The maximum absolute atomic E-state index is 13.3. The normalized spacial score (nSPS) is 11.4. The van der Waals surface area contributed by atoms with Gasteiger partial charge in [0.15, 0.2) is 0 Å². The Morgan fingerprint density at radius 3 is 2.44 bits per heavy atom. The van der Waals surface area contributed by atoms with Gasteiger partial charge in [0.1, 0.15) is 11.4 Å². The number of H-pyrrole nitrogens is 1. The summed E-state index contributed by atoms with van der Waals surface area (Å²) in [5.41, 5.74) is -0.142. The molecule has 25 heavy (non-hydrogen) atoms. The van der Waals surface area contributed by atoms with Gasteiger partial charge in [0.05, 0.1) is 4.90 Å². The second kappa shape index (κ2) is 6.11. The van der Waals surface area contributed by atoms with Crippen LogP contribution < -0.4 is 15.9 Å². The maximum atomic E-state index is 13.3. The molecular weight excluding hydrogens is 349 g/mol. The van der Waals surface area contributed by atoms with Gasteiger partial charge in [-0.05, 0) is 42.5 Å². The van der Waals surface area contributed by atoms with Crippen LogP contribution in [0.4, 0.5) is 10.1 Å². The summed E-state index contributed by atoms with van der Waals surface area (Å²) >= 11 is 0. The molecule has 7 nitrogen and oxygen atoms in total. The van der Waals surface area contributed by atoms with Crippen molar-refractivity contribution in [2.75, 3.05) is 5.32 Å². The van der Waals surface area contributed by atoms with Gasteiger partial charge in [-0.3, -0.25) is 9.59 Å². The highest BCUT2D eigenvalue weighted by Gasteiger charge is 2.14. The monoisotopic (exact) mass is 361 g/mol. The lowest BCUT2D eigenvalue weighted by atomic mass is 10.1. The lowest BCUT2D eigenvalue weighted by Crippen LogP contribution is -2.22. The van der Waals surface area contributed by atoms with Crippen molar-refractivity contribution in [3.8, 4) is 0 Å². The molecule has 0 unspecified atom stereocenters. The molecule has 1 aromatic heterocycles. The molecule has 1 amide bonds. The van der Waals surface area contributed by atoms with Crippen molar-refractivity contribution < 1.29 is 17.6 Å². The molecule has 3 rings (SSSR count). The first-order valence-electron chi connectivity index (χ1n) is 7.01. The Morgan fingerprint density at radius 1 is 1.12 bits per heavy atom. The Balaban J connectivity index is 1.92. The van der Waals surface area contributed by atoms with Gasteiger partial charge in [-0.15, -0.1) is 0 Å². The van der Waals surface area contributed by atoms with Crippen LogP contribution in [0.1, 0.15) is 10.4 Å². The van der Waals surface area contributed by atoms with Crippen molar-refractivity contribution in [1.82, 2.24) is 4.98 Å². The summed E-state index contributed by atoms with van der Waals surface area (Å²) in [7, 11) is -3.84. The average molecular weight is 361 g/mol. The summed E-state index contributed by atoms with van der Waals surface area (Å²) in [6, 6.07) is 8.78. The minimum Gasteiger partial charge on any atom is -0.360 e. The molecule has 0 aliphatic carbocycles. The average Bonchev–Trinajstić information content (AvgIpc) is 2.55. The molecule has 0 atom stereocenters. The third-order valence-corrected chi connectivity index (χ3v) is 4.46. The smallest absolute Gasteiger partial charge is 0.261 e. The Bertz CT molecular complexity index is 1140. The van der Waals surface area contributed by atoms with Crippen LogP contribution in [0.15, 0.2) is 58.4 Å². The topological polar surface area (TPSA) is 122 Å². The van der Waals surface area contributed by atoms with Gasteiger partial charge in [-0.1, -0.05) is 0 Å². The van der Waals surface area contributed by atoms with Gasteiger partial charge < -0.3 is 10.3 Å². The summed E-state index contributed by atoms with van der Waals surface area (Å²) in [5.74, 6) is -1.30. The Kier molecular flexibility index (Phi) is 4.11. The van der Waals surface area contributed by atoms with Crippen LogP contribution in [0.5, 0.6) is 0 Å². The molecule has 9 heteroatoms. The Labute approximate surface area is 141 Å². The lowest BCUT2D eigenvalue weighted by Gasteiger charge is -2.07. The minimum atomic E-state index is -3.84. The van der Waals surface area contributed by atoms with E-state index in [2.05, 4.69) is 10.3 Å². The number of carbonyl (C=O) groups is 1. The second-order valence-corrected chi connectivity index (χ2v) is 6.81. The molecule has 0 spiro atoms. The van der Waals surface area contributed by atoms with Crippen molar-refractivity contribution in [2.24, 2.45) is 5.14 Å². The zero-order valence-electron chi connectivity index (χ0n) is 12.6. The van der Waals surface area contributed by atoms with Crippen molar-refractivity contribution in [2.45, 2.75) is 4.90 Å². The standard InChI is InChI=1S/C16H12FN3O4S/c17-9-1-6-14-12(7-9)15(21)13(8-19-14)16(22)20-10-2-4-11(5-3-10)25(18,23)24/h1-8H,(H,19,21)(H,20,22)(H2,18,23,24). The number of aromatic amines is 1. The maximum Gasteiger partial charge on any atom is 0.261 e. The number of carbonyl (C=O) groups excluding carboxylic acids is 1. The first-order chi connectivity index (χ1) is 11.8. The molecule has 4 N–H and O–H groups in total. The molecule has 0 fully saturated rings. The second-order valence-electron chi connectivity index (χ2n) is 5.24. The molecule has 2 aromatic carbocycles. The van der Waals surface area contributed by atoms with Gasteiger partial charge in [-0.2, -0.15) is 0 Å². The van der Waals surface area contributed by atoms with E-state index in [0.29, 0.717) is 5.52 Å². The number of rotatable bonds is 3. The molecule has 0 aliphatic rings. The fourth-order valence-electron chi connectivity index (χ4n) is 2.29. The number of primary sulfonamides is 1. The van der Waals surface area contributed by atoms with E-state index >= 15 is 0 Å². The third-order valence-electron chi connectivity index (χ3n) is 3.53. The van der Waals surface area contributed by atoms with Gasteiger partial charge in [0.2, 0.25) is 15.5 Å². The molecule has 0 aliphatic heterocycles. The number of hydrogen-bond acceptors (Lipinski definition) is 4. The number of benzene rings is 2. The minimum absolute atomic E-state index is 0.0530. The van der Waals surface area contributed by atoms with E-state index in [9.17, 15) is 22.4 Å². The molecule has 0 bridgehead atoms. The first kappa shape index (κ1) is 16.8. The van der Waals surface area contributed by atoms with E-state index in [0.717, 1.165) is 6.07 Å². The molecule has 3 aromatic rings. The summed E-state index contributed by atoms with van der Waals surface area (Å²) < 4.78 is 35.7. The Hall–Kier alpha value is -3.04. The van der Waals surface area contributed by atoms with Crippen molar-refractivity contribution in [3.63, 3.8) is 0 Å². The fourth-order valence-corrected chi connectivity index (χ4v) is 2.80. The van der Waals surface area contributed by atoms with Crippen molar-refractivity contribution in [3.05, 3.63) is 70.3 Å². The molecule has 128 valence electrons. The number of amides is 1. The fraction of sp³-hybridized carbons (Fsp3) is 0. The predicted molar refractivity (Wildman–Crippen MR) is 90.3 cm³/mol. The van der Waals surface area contributed by atoms with Crippen molar-refractivity contribution >= 4 is 32.5 Å². The molecule has 0 radical (unpaired) electrons. The number of nitrogens with one attached hydrogen (secondary N) is 2. The first-order valence-corrected chi connectivity index (χ1v) is 8.55. The largest absolute Gasteiger partial charge is 0.360 e. The highest BCUT2D eigenvalue weighted by atomic mass is 32.2. The van der Waals surface area contributed by atoms with Crippen LogP contribution in [0.2, 0.25) is 0 Å². The van der Waals surface area contributed by atoms with E-state index in [-0.39, 0.29) is 21.5 Å². The third kappa shape index (κ3) is 3.42. The van der Waals surface area contributed by atoms with Crippen LogP contribution >= 0.6 is 0 Å². The van der Waals surface area contributed by atoms with E-state index in [1.165, 1.54) is 42.6 Å². The number of fused-ring (bicyclic) bond motifs is 1. The van der Waals surface area contributed by atoms with Crippen LogP contribution in [0.3, 0.4) is 0 Å². The van der Waals surface area contributed by atoms with Gasteiger partial charge >= 0.3 is 0 Å². The van der Waals surface area contributed by atoms with Crippen LogP contribution in [-0.2, 0) is 10.0 Å². The van der Waals surface area contributed by atoms with Crippen LogP contribution in [0.25, 0.3) is 10.9 Å². The van der Waals surface area contributed by atoms with E-state index in [1.54, 1.807) is 0 Å². The van der Waals surface area contributed by atoms with E-state index in [1.807, 2.05) is 0 Å². The zero-order chi connectivity index (χ0) is 18.2. The number of nitrogens with two attached hydrogens (primary N) is 1.